The number of carbonyl (C=O) groups is 1. The van der Waals surface area contributed by atoms with Gasteiger partial charge in [-0.2, -0.15) is 4.31 Å². The van der Waals surface area contributed by atoms with Gasteiger partial charge in [0.25, 0.3) is 0 Å². The second-order valence-electron chi connectivity index (χ2n) is 6.32. The van der Waals surface area contributed by atoms with E-state index in [-0.39, 0.29) is 11.9 Å². The minimum absolute atomic E-state index is 0.105. The molecule has 0 aromatic heterocycles. The van der Waals surface area contributed by atoms with Gasteiger partial charge in [0.1, 0.15) is 0 Å². The fourth-order valence-electron chi connectivity index (χ4n) is 3.55. The molecule has 5 nitrogen and oxygen atoms in total. The number of hydrogen-bond acceptors (Lipinski definition) is 3. The minimum Gasteiger partial charge on any atom is -0.312 e. The summed E-state index contributed by atoms with van der Waals surface area (Å²) in [6, 6.07) is 6.88. The molecule has 0 radical (unpaired) electrons. The predicted molar refractivity (Wildman–Crippen MR) is 89.9 cm³/mol. The first kappa shape index (κ1) is 16.5. The molecular formula is C17H24N2O3S. The highest BCUT2D eigenvalue weighted by molar-refractivity contribution is 7.89. The maximum absolute atomic E-state index is 12.9. The lowest BCUT2D eigenvalue weighted by molar-refractivity contribution is -0.117. The van der Waals surface area contributed by atoms with Gasteiger partial charge < -0.3 is 4.90 Å². The molecule has 2 aliphatic rings. The molecule has 6 heteroatoms. The quantitative estimate of drug-likeness (QED) is 0.849. The molecular weight excluding hydrogens is 312 g/mol. The molecule has 1 amide bonds. The standard InChI is InChI=1S/C17H24N2O3S/c1-2-14-6-3-4-13-19(14)23(21,22)16-10-8-15(9-11-16)18-12-5-7-17(18)20/h8-11,14H,2-7,12-13H2,1H3. The highest BCUT2D eigenvalue weighted by Gasteiger charge is 2.32. The maximum Gasteiger partial charge on any atom is 0.243 e. The van der Waals surface area contributed by atoms with Crippen LogP contribution in [0.4, 0.5) is 5.69 Å². The van der Waals surface area contributed by atoms with Crippen LogP contribution in [0.2, 0.25) is 0 Å². The molecule has 1 aromatic rings. The number of sulfonamides is 1. The Morgan fingerprint density at radius 1 is 1.09 bits per heavy atom. The lowest BCUT2D eigenvalue weighted by atomic mass is 10.0. The number of carbonyl (C=O) groups excluding carboxylic acids is 1. The normalized spacial score (nSPS) is 23.4. The Morgan fingerprint density at radius 2 is 1.83 bits per heavy atom. The van der Waals surface area contributed by atoms with E-state index in [2.05, 4.69) is 0 Å². The molecule has 2 aliphatic heterocycles. The number of benzene rings is 1. The SMILES string of the molecule is CCC1CCCCN1S(=O)(=O)c1ccc(N2CCCC2=O)cc1. The van der Waals surface area contributed by atoms with E-state index in [4.69, 9.17) is 0 Å². The van der Waals surface area contributed by atoms with E-state index in [1.54, 1.807) is 33.5 Å². The predicted octanol–water partition coefficient (Wildman–Crippen LogP) is 2.77. The molecule has 2 fully saturated rings. The van der Waals surface area contributed by atoms with Crippen LogP contribution in [0.3, 0.4) is 0 Å². The van der Waals surface area contributed by atoms with E-state index in [9.17, 15) is 13.2 Å². The highest BCUT2D eigenvalue weighted by Crippen LogP contribution is 2.29. The van der Waals surface area contributed by atoms with Crippen LogP contribution in [0.1, 0.15) is 45.4 Å². The number of anilines is 1. The van der Waals surface area contributed by atoms with Gasteiger partial charge in [0.15, 0.2) is 0 Å². The molecule has 0 spiro atoms. The summed E-state index contributed by atoms with van der Waals surface area (Å²) in [6.07, 6.45) is 5.25. The largest absolute Gasteiger partial charge is 0.312 e. The van der Waals surface area contributed by atoms with Crippen LogP contribution in [-0.2, 0) is 14.8 Å². The molecule has 126 valence electrons. The molecule has 2 heterocycles. The van der Waals surface area contributed by atoms with Crippen molar-refractivity contribution >= 4 is 21.6 Å². The van der Waals surface area contributed by atoms with Gasteiger partial charge in [-0.15, -0.1) is 0 Å². The lowest BCUT2D eigenvalue weighted by Gasteiger charge is -2.34. The first-order valence-corrected chi connectivity index (χ1v) is 9.90. The van der Waals surface area contributed by atoms with Crippen LogP contribution in [0.15, 0.2) is 29.2 Å². The van der Waals surface area contributed by atoms with Crippen LogP contribution < -0.4 is 4.90 Å². The Hall–Kier alpha value is -1.40. The van der Waals surface area contributed by atoms with Gasteiger partial charge in [0, 0.05) is 31.2 Å². The van der Waals surface area contributed by atoms with E-state index >= 15 is 0 Å². The van der Waals surface area contributed by atoms with Gasteiger partial charge >= 0.3 is 0 Å². The van der Waals surface area contributed by atoms with E-state index in [1.165, 1.54) is 0 Å². The third-order valence-corrected chi connectivity index (χ3v) is 6.84. The van der Waals surface area contributed by atoms with Gasteiger partial charge in [0.2, 0.25) is 15.9 Å². The molecule has 0 aliphatic carbocycles. The Labute approximate surface area is 138 Å². The van der Waals surface area contributed by atoms with Crippen molar-refractivity contribution in [1.29, 1.82) is 0 Å². The van der Waals surface area contributed by atoms with Crippen LogP contribution in [0.25, 0.3) is 0 Å². The van der Waals surface area contributed by atoms with Crippen LogP contribution >= 0.6 is 0 Å². The summed E-state index contributed by atoms with van der Waals surface area (Å²) in [5.74, 6) is 0.114. The number of piperidine rings is 1. The fourth-order valence-corrected chi connectivity index (χ4v) is 5.32. The van der Waals surface area contributed by atoms with E-state index in [1.807, 2.05) is 6.92 Å². The number of rotatable bonds is 4. The maximum atomic E-state index is 12.9. The summed E-state index contributed by atoms with van der Waals surface area (Å²) in [7, 11) is -3.45. The minimum atomic E-state index is -3.45. The van der Waals surface area contributed by atoms with Crippen molar-refractivity contribution in [2.75, 3.05) is 18.0 Å². The van der Waals surface area contributed by atoms with E-state index in [0.29, 0.717) is 17.9 Å². The zero-order valence-corrected chi connectivity index (χ0v) is 14.4. The smallest absolute Gasteiger partial charge is 0.243 e. The third-order valence-electron chi connectivity index (χ3n) is 4.87. The third kappa shape index (κ3) is 3.15. The molecule has 0 N–H and O–H groups in total. The summed E-state index contributed by atoms with van der Waals surface area (Å²) in [6.45, 7) is 3.36. The van der Waals surface area contributed by atoms with E-state index < -0.39 is 10.0 Å². The molecule has 23 heavy (non-hydrogen) atoms. The molecule has 0 bridgehead atoms. The Bertz CT molecular complexity index is 670. The van der Waals surface area contributed by atoms with Gasteiger partial charge in [-0.05, 0) is 49.9 Å². The lowest BCUT2D eigenvalue weighted by Crippen LogP contribution is -2.43. The molecule has 2 saturated heterocycles. The summed E-state index contributed by atoms with van der Waals surface area (Å²) in [5, 5.41) is 0. The zero-order valence-electron chi connectivity index (χ0n) is 13.6. The first-order valence-electron chi connectivity index (χ1n) is 8.46. The van der Waals surface area contributed by atoms with Crippen molar-refractivity contribution in [2.24, 2.45) is 0 Å². The zero-order chi connectivity index (χ0) is 16.4. The molecule has 1 atom stereocenters. The molecule has 3 rings (SSSR count). The Balaban J connectivity index is 1.84. The van der Waals surface area contributed by atoms with Crippen molar-refractivity contribution in [3.8, 4) is 0 Å². The molecule has 1 aromatic carbocycles. The summed E-state index contributed by atoms with van der Waals surface area (Å²) in [4.78, 5) is 13.8. The first-order chi connectivity index (χ1) is 11.0. The molecule has 0 saturated carbocycles. The van der Waals surface area contributed by atoms with Crippen molar-refractivity contribution in [1.82, 2.24) is 4.31 Å². The van der Waals surface area contributed by atoms with Crippen LogP contribution in [0.5, 0.6) is 0 Å². The Morgan fingerprint density at radius 3 is 2.43 bits per heavy atom. The van der Waals surface area contributed by atoms with Crippen molar-refractivity contribution in [3.63, 3.8) is 0 Å². The summed E-state index contributed by atoms with van der Waals surface area (Å²) < 4.78 is 27.5. The van der Waals surface area contributed by atoms with Gasteiger partial charge in [-0.3, -0.25) is 4.79 Å². The second kappa shape index (κ2) is 6.61. The number of hydrogen-bond donors (Lipinski definition) is 0. The van der Waals surface area contributed by atoms with Gasteiger partial charge in [0.05, 0.1) is 4.90 Å². The number of nitrogens with zero attached hydrogens (tertiary/aromatic N) is 2. The van der Waals surface area contributed by atoms with Crippen LogP contribution in [0, 0.1) is 0 Å². The number of amides is 1. The Kier molecular flexibility index (Phi) is 4.73. The van der Waals surface area contributed by atoms with Crippen LogP contribution in [-0.4, -0.2) is 37.8 Å². The topological polar surface area (TPSA) is 57.7 Å². The van der Waals surface area contributed by atoms with Gasteiger partial charge in [-0.1, -0.05) is 13.3 Å². The monoisotopic (exact) mass is 336 g/mol. The summed E-state index contributed by atoms with van der Waals surface area (Å²) in [5.41, 5.74) is 0.789. The second-order valence-corrected chi connectivity index (χ2v) is 8.21. The van der Waals surface area contributed by atoms with Gasteiger partial charge in [-0.25, -0.2) is 8.42 Å². The van der Waals surface area contributed by atoms with E-state index in [0.717, 1.165) is 44.3 Å². The van der Waals surface area contributed by atoms with Crippen molar-refractivity contribution in [3.05, 3.63) is 24.3 Å². The summed E-state index contributed by atoms with van der Waals surface area (Å²) >= 11 is 0. The highest BCUT2D eigenvalue weighted by atomic mass is 32.2. The average molecular weight is 336 g/mol. The van der Waals surface area contributed by atoms with Crippen molar-refractivity contribution < 1.29 is 13.2 Å². The molecule has 1 unspecified atom stereocenters. The fraction of sp³-hybridized carbons (Fsp3) is 0.588. The van der Waals surface area contributed by atoms with Crippen molar-refractivity contribution in [2.45, 2.75) is 56.4 Å². The average Bonchev–Trinajstić information content (AvgIpc) is 3.01.